The molecular formula is C56H50O14. The number of esters is 4. The first-order chi connectivity index (χ1) is 34.2. The highest BCUT2D eigenvalue weighted by atomic mass is 16.7. The minimum absolute atomic E-state index is 0.0385. The molecule has 0 N–H and O–H groups in total. The van der Waals surface area contributed by atoms with E-state index >= 15 is 0 Å². The molecule has 0 spiro atoms. The molecule has 0 aliphatic carbocycles. The van der Waals surface area contributed by atoms with Crippen LogP contribution in [0.25, 0.3) is 11.0 Å². The predicted octanol–water partition coefficient (Wildman–Crippen LogP) is 9.97. The first-order valence-corrected chi connectivity index (χ1v) is 23.0. The molecule has 0 saturated carbocycles. The number of rotatable bonds is 20. The van der Waals surface area contributed by atoms with Gasteiger partial charge in [-0.2, -0.15) is 0 Å². The third-order valence-corrected chi connectivity index (χ3v) is 11.3. The minimum Gasteiger partial charge on any atom is -0.484 e. The fourth-order valence-electron chi connectivity index (χ4n) is 7.67. The Hall–Kier alpha value is -8.23. The summed E-state index contributed by atoms with van der Waals surface area (Å²) >= 11 is 0. The van der Waals surface area contributed by atoms with Crippen molar-refractivity contribution in [2.45, 2.75) is 69.9 Å². The Kier molecular flexibility index (Phi) is 16.3. The van der Waals surface area contributed by atoms with Gasteiger partial charge in [0.15, 0.2) is 18.0 Å². The van der Waals surface area contributed by atoms with Crippen LogP contribution in [0.1, 0.15) is 79.6 Å². The Morgan fingerprint density at radius 1 is 0.529 bits per heavy atom. The number of hydrogen-bond acceptors (Lipinski definition) is 14. The van der Waals surface area contributed by atoms with Gasteiger partial charge >= 0.3 is 29.5 Å². The molecule has 1 aromatic heterocycles. The third kappa shape index (κ3) is 12.3. The second-order valence-corrected chi connectivity index (χ2v) is 16.2. The summed E-state index contributed by atoms with van der Waals surface area (Å²) in [6.45, 7) is 1.92. The van der Waals surface area contributed by atoms with Crippen molar-refractivity contribution in [3.8, 4) is 17.2 Å². The Balaban J connectivity index is 1.20. The number of carbonyl (C=O) groups is 4. The van der Waals surface area contributed by atoms with Gasteiger partial charge in [-0.25, -0.2) is 24.0 Å². The molecule has 5 atom stereocenters. The Labute approximate surface area is 403 Å². The van der Waals surface area contributed by atoms with Crippen molar-refractivity contribution >= 4 is 34.8 Å². The van der Waals surface area contributed by atoms with Crippen LogP contribution in [-0.2, 0) is 30.3 Å². The molecule has 6 aromatic carbocycles. The summed E-state index contributed by atoms with van der Waals surface area (Å²) in [7, 11) is 0. The van der Waals surface area contributed by atoms with E-state index in [0.717, 1.165) is 24.8 Å². The van der Waals surface area contributed by atoms with Crippen LogP contribution in [0.4, 0.5) is 0 Å². The lowest BCUT2D eigenvalue weighted by Crippen LogP contribution is -2.63. The molecule has 0 unspecified atom stereocenters. The van der Waals surface area contributed by atoms with Gasteiger partial charge in [-0.05, 0) is 72.6 Å². The molecule has 2 heterocycles. The lowest BCUT2D eigenvalue weighted by molar-refractivity contribution is -0.275. The summed E-state index contributed by atoms with van der Waals surface area (Å²) in [6, 6.07) is 46.3. The summed E-state index contributed by atoms with van der Waals surface area (Å²) in [6.07, 6.45) is -4.34. The molecule has 1 aliphatic heterocycles. The summed E-state index contributed by atoms with van der Waals surface area (Å²) in [5.41, 5.74) is 0.726. The molecule has 358 valence electrons. The molecule has 14 heteroatoms. The van der Waals surface area contributed by atoms with Gasteiger partial charge in [0.1, 0.15) is 30.7 Å². The van der Waals surface area contributed by atoms with Crippen molar-refractivity contribution in [3.05, 3.63) is 208 Å². The summed E-state index contributed by atoms with van der Waals surface area (Å²) in [5.74, 6) is -3.19. The molecule has 0 bridgehead atoms. The zero-order valence-corrected chi connectivity index (χ0v) is 38.2. The number of hydrogen-bond donors (Lipinski definition) is 0. The number of ether oxygens (including phenoxy) is 8. The Morgan fingerprint density at radius 3 is 1.60 bits per heavy atom. The maximum Gasteiger partial charge on any atom is 0.383 e. The van der Waals surface area contributed by atoms with Gasteiger partial charge in [-0.15, -0.1) is 0 Å². The Morgan fingerprint density at radius 2 is 1.04 bits per heavy atom. The normalized spacial score (nSPS) is 17.4. The first-order valence-electron chi connectivity index (χ1n) is 23.0. The maximum absolute atomic E-state index is 14.1. The SMILES string of the molecule is CCCCCCOc1c(OCc2ccccc2)c2ccc(O[C@@H]3O[C@H](COC(=O)c4ccccc4)[C@H](OC(=O)c4ccccc4)[C@H](OC(=O)c4ccccc4)[C@H]3OC(=O)c3ccccc3)cc2oc1=O. The van der Waals surface area contributed by atoms with Crippen LogP contribution in [0.15, 0.2) is 179 Å². The van der Waals surface area contributed by atoms with Crippen molar-refractivity contribution < 1.29 is 61.5 Å². The molecule has 70 heavy (non-hydrogen) atoms. The fourth-order valence-corrected chi connectivity index (χ4v) is 7.67. The zero-order valence-electron chi connectivity index (χ0n) is 38.2. The van der Waals surface area contributed by atoms with Crippen molar-refractivity contribution in [2.75, 3.05) is 13.2 Å². The molecule has 0 radical (unpaired) electrons. The minimum atomic E-state index is -1.68. The van der Waals surface area contributed by atoms with E-state index in [2.05, 4.69) is 6.92 Å². The van der Waals surface area contributed by atoms with E-state index in [1.54, 1.807) is 97.1 Å². The second-order valence-electron chi connectivity index (χ2n) is 16.2. The molecule has 8 rings (SSSR count). The standard InChI is InChI=1S/C56H50O14/c1-2-3-4-20-33-62-49-46(63-35-37-21-10-5-11-22-37)43-32-31-42(34-44(43)66-55(49)61)65-56-50(70-54(60)41-29-18-9-19-30-41)48(69-53(59)40-27-16-8-17-28-40)47(68-52(58)39-25-14-7-15-26-39)45(67-56)36-64-51(57)38-23-12-6-13-24-38/h5-19,21-32,34,45,47-48,50,56H,2-4,20,33,35-36H2,1H3/t45-,47+,48+,50-,56-/m1/s1. The quantitative estimate of drug-likeness (QED) is 0.0306. The van der Waals surface area contributed by atoms with Crippen molar-refractivity contribution in [1.29, 1.82) is 0 Å². The van der Waals surface area contributed by atoms with Crippen LogP contribution >= 0.6 is 0 Å². The summed E-state index contributed by atoms with van der Waals surface area (Å²) in [4.78, 5) is 69.3. The molecule has 0 amide bonds. The first kappa shape index (κ1) is 48.2. The van der Waals surface area contributed by atoms with E-state index in [-0.39, 0.29) is 58.3 Å². The highest BCUT2D eigenvalue weighted by molar-refractivity contribution is 5.92. The highest BCUT2D eigenvalue weighted by Gasteiger charge is 2.54. The van der Waals surface area contributed by atoms with E-state index in [0.29, 0.717) is 11.8 Å². The molecule has 7 aromatic rings. The lowest BCUT2D eigenvalue weighted by atomic mass is 9.97. The zero-order chi connectivity index (χ0) is 48.7. The fraction of sp³-hybridized carbons (Fsp3) is 0.232. The molecular weight excluding hydrogens is 897 g/mol. The predicted molar refractivity (Wildman–Crippen MR) is 256 cm³/mol. The smallest absolute Gasteiger partial charge is 0.383 e. The third-order valence-electron chi connectivity index (χ3n) is 11.3. The summed E-state index contributed by atoms with van der Waals surface area (Å²) < 4.78 is 55.5. The van der Waals surface area contributed by atoms with E-state index in [1.165, 1.54) is 42.5 Å². The number of benzene rings is 6. The molecule has 14 nitrogen and oxygen atoms in total. The van der Waals surface area contributed by atoms with E-state index in [9.17, 15) is 24.0 Å². The lowest BCUT2D eigenvalue weighted by Gasteiger charge is -2.44. The van der Waals surface area contributed by atoms with Crippen LogP contribution in [0.5, 0.6) is 17.2 Å². The highest BCUT2D eigenvalue weighted by Crippen LogP contribution is 2.38. The number of unbranched alkanes of at least 4 members (excludes halogenated alkanes) is 3. The van der Waals surface area contributed by atoms with Crippen LogP contribution in [0, 0.1) is 0 Å². The molecule has 1 aliphatic rings. The van der Waals surface area contributed by atoms with Crippen LogP contribution in [-0.4, -0.2) is 67.8 Å². The number of carbonyl (C=O) groups excluding carboxylic acids is 4. The van der Waals surface area contributed by atoms with E-state index in [1.807, 2.05) is 30.3 Å². The van der Waals surface area contributed by atoms with Gasteiger partial charge in [-0.3, -0.25) is 0 Å². The Bertz CT molecular complexity index is 2890. The van der Waals surface area contributed by atoms with Crippen molar-refractivity contribution in [3.63, 3.8) is 0 Å². The topological polar surface area (TPSA) is 172 Å². The van der Waals surface area contributed by atoms with Crippen LogP contribution in [0.2, 0.25) is 0 Å². The van der Waals surface area contributed by atoms with Gasteiger partial charge in [-0.1, -0.05) is 129 Å². The average molecular weight is 947 g/mol. The van der Waals surface area contributed by atoms with E-state index in [4.69, 9.17) is 42.3 Å². The van der Waals surface area contributed by atoms with Gasteiger partial charge in [0.2, 0.25) is 18.1 Å². The van der Waals surface area contributed by atoms with Gasteiger partial charge < -0.3 is 42.3 Å². The van der Waals surface area contributed by atoms with Crippen molar-refractivity contribution in [1.82, 2.24) is 0 Å². The monoisotopic (exact) mass is 946 g/mol. The van der Waals surface area contributed by atoms with Gasteiger partial charge in [0.05, 0.1) is 34.2 Å². The molecule has 1 saturated heterocycles. The van der Waals surface area contributed by atoms with Crippen LogP contribution < -0.4 is 19.8 Å². The largest absolute Gasteiger partial charge is 0.484 e. The second kappa shape index (κ2) is 23.7. The van der Waals surface area contributed by atoms with Gasteiger partial charge in [0, 0.05) is 6.07 Å². The van der Waals surface area contributed by atoms with Gasteiger partial charge in [0.25, 0.3) is 0 Å². The molecule has 1 fully saturated rings. The number of fused-ring (bicyclic) bond motifs is 1. The summed E-state index contributed by atoms with van der Waals surface area (Å²) in [5, 5.41) is 0.385. The maximum atomic E-state index is 14.1. The average Bonchev–Trinajstić information content (AvgIpc) is 3.40. The van der Waals surface area contributed by atoms with Crippen LogP contribution in [0.3, 0.4) is 0 Å². The van der Waals surface area contributed by atoms with Crippen molar-refractivity contribution in [2.24, 2.45) is 0 Å². The van der Waals surface area contributed by atoms with E-state index < -0.39 is 66.8 Å².